The minimum Gasteiger partial charge on any atom is -0.341 e. The first-order valence-corrected chi connectivity index (χ1v) is 9.47. The van der Waals surface area contributed by atoms with Crippen LogP contribution in [0.15, 0.2) is 115 Å². The summed E-state index contributed by atoms with van der Waals surface area (Å²) in [7, 11) is 0. The number of H-pyrrole nitrogens is 1. The number of fused-ring (bicyclic) bond motifs is 1. The van der Waals surface area contributed by atoms with Gasteiger partial charge in [-0.2, -0.15) is 0 Å². The lowest BCUT2D eigenvalue weighted by atomic mass is 10.0. The van der Waals surface area contributed by atoms with E-state index in [-0.39, 0.29) is 0 Å². The average Bonchev–Trinajstić information content (AvgIpc) is 3.19. The zero-order valence-electron chi connectivity index (χ0n) is 15.4. The maximum atomic E-state index is 3.60. The molecule has 28 heavy (non-hydrogen) atoms. The van der Waals surface area contributed by atoms with Crippen LogP contribution in [0.5, 0.6) is 0 Å². The van der Waals surface area contributed by atoms with E-state index >= 15 is 0 Å². The number of aromatic nitrogens is 1. The van der Waals surface area contributed by atoms with Crippen molar-refractivity contribution in [1.29, 1.82) is 0 Å². The van der Waals surface area contributed by atoms with Crippen molar-refractivity contribution in [3.05, 3.63) is 115 Å². The van der Waals surface area contributed by atoms with Crippen molar-refractivity contribution < 1.29 is 0 Å². The predicted octanol–water partition coefficient (Wildman–Crippen LogP) is 7.30. The summed E-state index contributed by atoms with van der Waals surface area (Å²) < 4.78 is 0. The third-order valence-electron chi connectivity index (χ3n) is 5.00. The van der Waals surface area contributed by atoms with Gasteiger partial charge < -0.3 is 4.98 Å². The summed E-state index contributed by atoms with van der Waals surface area (Å²) in [4.78, 5) is 5.89. The van der Waals surface area contributed by atoms with E-state index in [1.54, 1.807) is 0 Å². The molecule has 5 rings (SSSR count). The number of nitrogens with one attached hydrogen (secondary N) is 1. The first-order chi connectivity index (χ1) is 13.9. The third kappa shape index (κ3) is 2.95. The Morgan fingerprint density at radius 3 is 2.00 bits per heavy atom. The lowest BCUT2D eigenvalue weighted by Gasteiger charge is -2.26. The van der Waals surface area contributed by atoms with Crippen LogP contribution >= 0.6 is 0 Å². The number of hydrogen-bond donors (Lipinski definition) is 1. The van der Waals surface area contributed by atoms with Crippen molar-refractivity contribution in [3.63, 3.8) is 0 Å². The van der Waals surface area contributed by atoms with Gasteiger partial charge >= 0.3 is 0 Å². The summed E-state index contributed by atoms with van der Waals surface area (Å²) in [5, 5.41) is 1.20. The van der Waals surface area contributed by atoms with E-state index in [1.165, 1.54) is 16.5 Å². The zero-order valence-corrected chi connectivity index (χ0v) is 15.4. The molecular weight excluding hydrogens is 340 g/mol. The minimum atomic E-state index is 1.05. The van der Waals surface area contributed by atoms with Crippen molar-refractivity contribution in [2.45, 2.75) is 0 Å². The van der Waals surface area contributed by atoms with Crippen molar-refractivity contribution in [1.82, 2.24) is 4.98 Å². The molecule has 0 amide bonds. The Morgan fingerprint density at radius 1 is 0.571 bits per heavy atom. The molecule has 4 aromatic carbocycles. The molecule has 0 unspecified atom stereocenters. The lowest BCUT2D eigenvalue weighted by molar-refractivity contribution is 1.23. The zero-order chi connectivity index (χ0) is 18.8. The van der Waals surface area contributed by atoms with Crippen LogP contribution in [0, 0.1) is 0 Å². The number of benzene rings is 4. The van der Waals surface area contributed by atoms with Gasteiger partial charge in [0, 0.05) is 22.2 Å². The monoisotopic (exact) mass is 360 g/mol. The standard InChI is InChI=1S/C26H20N2/c1-3-11-20(12-4-1)23-16-8-10-18-25(23)28(22-14-5-2-6-15-22)26-19-21-13-7-9-17-24(21)27-26/h1-19,27H. The Morgan fingerprint density at radius 2 is 1.21 bits per heavy atom. The number of hydrogen-bond acceptors (Lipinski definition) is 1. The van der Waals surface area contributed by atoms with E-state index < -0.39 is 0 Å². The van der Waals surface area contributed by atoms with E-state index in [0.29, 0.717) is 0 Å². The van der Waals surface area contributed by atoms with Crippen LogP contribution in [0.4, 0.5) is 17.2 Å². The number of para-hydroxylation sites is 3. The van der Waals surface area contributed by atoms with Gasteiger partial charge in [-0.25, -0.2) is 0 Å². The average molecular weight is 360 g/mol. The smallest absolute Gasteiger partial charge is 0.116 e. The van der Waals surface area contributed by atoms with Gasteiger partial charge in [0.2, 0.25) is 0 Å². The molecule has 0 saturated heterocycles. The number of nitrogens with zero attached hydrogens (tertiary/aromatic N) is 1. The Balaban J connectivity index is 1.75. The molecule has 1 aromatic heterocycles. The largest absolute Gasteiger partial charge is 0.341 e. The number of aromatic amines is 1. The SMILES string of the molecule is c1ccc(-c2ccccc2N(c2ccccc2)c2cc3ccccc3[nH]2)cc1. The quantitative estimate of drug-likeness (QED) is 0.356. The normalized spacial score (nSPS) is 10.9. The maximum Gasteiger partial charge on any atom is 0.116 e. The molecule has 0 spiro atoms. The van der Waals surface area contributed by atoms with Crippen molar-refractivity contribution in [3.8, 4) is 11.1 Å². The molecule has 2 nitrogen and oxygen atoms in total. The Kier molecular flexibility index (Phi) is 4.15. The number of anilines is 3. The van der Waals surface area contributed by atoms with Gasteiger partial charge in [0.1, 0.15) is 5.82 Å². The van der Waals surface area contributed by atoms with Crippen molar-refractivity contribution in [2.75, 3.05) is 4.90 Å². The fourth-order valence-electron chi connectivity index (χ4n) is 3.69. The highest BCUT2D eigenvalue weighted by molar-refractivity contribution is 5.92. The molecule has 2 heteroatoms. The molecule has 1 N–H and O–H groups in total. The minimum absolute atomic E-state index is 1.05. The highest BCUT2D eigenvalue weighted by Crippen LogP contribution is 2.40. The Bertz CT molecular complexity index is 1170. The second-order valence-corrected chi connectivity index (χ2v) is 6.80. The fraction of sp³-hybridized carbons (Fsp3) is 0. The Labute approximate surface area is 164 Å². The highest BCUT2D eigenvalue weighted by atomic mass is 15.2. The van der Waals surface area contributed by atoms with Crippen molar-refractivity contribution in [2.24, 2.45) is 0 Å². The molecule has 134 valence electrons. The molecule has 0 radical (unpaired) electrons. The molecule has 0 saturated carbocycles. The number of rotatable bonds is 4. The van der Waals surface area contributed by atoms with Gasteiger partial charge in [-0.1, -0.05) is 84.9 Å². The second kappa shape index (κ2) is 7.09. The van der Waals surface area contributed by atoms with E-state index in [4.69, 9.17) is 0 Å². The van der Waals surface area contributed by atoms with Crippen LogP contribution in [0.2, 0.25) is 0 Å². The predicted molar refractivity (Wildman–Crippen MR) is 118 cm³/mol. The van der Waals surface area contributed by atoms with Crippen LogP contribution in [-0.4, -0.2) is 4.98 Å². The molecule has 0 aliphatic carbocycles. The topological polar surface area (TPSA) is 19.0 Å². The lowest BCUT2D eigenvalue weighted by Crippen LogP contribution is -2.11. The first kappa shape index (κ1) is 16.4. The van der Waals surface area contributed by atoms with Crippen LogP contribution < -0.4 is 4.90 Å². The van der Waals surface area contributed by atoms with Crippen molar-refractivity contribution >= 4 is 28.1 Å². The molecule has 0 aliphatic heterocycles. The van der Waals surface area contributed by atoms with Gasteiger partial charge in [0.25, 0.3) is 0 Å². The summed E-state index contributed by atoms with van der Waals surface area (Å²) in [6.07, 6.45) is 0. The summed E-state index contributed by atoms with van der Waals surface area (Å²) in [5.41, 5.74) is 5.81. The van der Waals surface area contributed by atoms with Crippen LogP contribution in [0.25, 0.3) is 22.0 Å². The van der Waals surface area contributed by atoms with Gasteiger partial charge in [-0.3, -0.25) is 4.90 Å². The van der Waals surface area contributed by atoms with E-state index in [2.05, 4.69) is 125 Å². The second-order valence-electron chi connectivity index (χ2n) is 6.80. The summed E-state index contributed by atoms with van der Waals surface area (Å²) >= 11 is 0. The van der Waals surface area contributed by atoms with Gasteiger partial charge in [0.05, 0.1) is 5.69 Å². The third-order valence-corrected chi connectivity index (χ3v) is 5.00. The molecule has 0 fully saturated rings. The van der Waals surface area contributed by atoms with E-state index in [1.807, 2.05) is 0 Å². The molecule has 0 bridgehead atoms. The molecule has 0 atom stereocenters. The summed E-state index contributed by atoms with van der Waals surface area (Å²) in [6, 6.07) is 40.2. The Hall–Kier alpha value is -3.78. The van der Waals surface area contributed by atoms with Gasteiger partial charge in [0.15, 0.2) is 0 Å². The van der Waals surface area contributed by atoms with Crippen LogP contribution in [0.3, 0.4) is 0 Å². The molecule has 0 aliphatic rings. The summed E-state index contributed by atoms with van der Waals surface area (Å²) in [6.45, 7) is 0. The van der Waals surface area contributed by atoms with Gasteiger partial charge in [-0.15, -0.1) is 0 Å². The van der Waals surface area contributed by atoms with Gasteiger partial charge in [-0.05, 0) is 35.9 Å². The van der Waals surface area contributed by atoms with E-state index in [9.17, 15) is 0 Å². The van der Waals surface area contributed by atoms with Crippen LogP contribution in [-0.2, 0) is 0 Å². The van der Waals surface area contributed by atoms with Crippen LogP contribution in [0.1, 0.15) is 0 Å². The fourth-order valence-corrected chi connectivity index (χ4v) is 3.69. The molecule has 5 aromatic rings. The molecular formula is C26H20N2. The highest BCUT2D eigenvalue weighted by Gasteiger charge is 2.18. The summed E-state index contributed by atoms with van der Waals surface area (Å²) in [5.74, 6) is 1.05. The molecule has 1 heterocycles. The maximum absolute atomic E-state index is 3.60. The van der Waals surface area contributed by atoms with E-state index in [0.717, 1.165) is 22.7 Å². The first-order valence-electron chi connectivity index (χ1n) is 9.47.